The Bertz CT molecular complexity index is 3380. The summed E-state index contributed by atoms with van der Waals surface area (Å²) in [7, 11) is 0. The first-order valence-corrected chi connectivity index (χ1v) is 30.6. The molecule has 1 saturated carbocycles. The number of aliphatic hydroxyl groups is 3. The van der Waals surface area contributed by atoms with Crippen molar-refractivity contribution in [1.29, 1.82) is 0 Å². The van der Waals surface area contributed by atoms with Crippen molar-refractivity contribution >= 4 is 17.0 Å². The molecule has 14 heteroatoms. The van der Waals surface area contributed by atoms with Crippen molar-refractivity contribution in [3.63, 3.8) is 0 Å². The number of ether oxygens (including phenoxy) is 4. The summed E-state index contributed by atoms with van der Waals surface area (Å²) < 4.78 is 28.9. The highest BCUT2D eigenvalue weighted by Crippen LogP contribution is 2.62. The number of H-pyrrole nitrogens is 1. The van der Waals surface area contributed by atoms with Crippen LogP contribution in [-0.4, -0.2) is 112 Å². The van der Waals surface area contributed by atoms with E-state index in [0.717, 1.165) is 94.9 Å². The van der Waals surface area contributed by atoms with E-state index in [0.29, 0.717) is 68.2 Å². The fourth-order valence-corrected chi connectivity index (χ4v) is 14.6. The minimum Gasteiger partial charge on any atom is -0.507 e. The zero-order valence-electron chi connectivity index (χ0n) is 48.4. The molecule has 6 aromatic rings. The highest BCUT2D eigenvalue weighted by Gasteiger charge is 2.55. The summed E-state index contributed by atoms with van der Waals surface area (Å²) in [5.41, 5.74) is 10.0. The van der Waals surface area contributed by atoms with Crippen LogP contribution < -0.4 is 35.5 Å². The van der Waals surface area contributed by atoms with Crippen LogP contribution in [-0.2, 0) is 30.4 Å². The maximum absolute atomic E-state index is 12.1. The van der Waals surface area contributed by atoms with E-state index in [1.807, 2.05) is 31.3 Å². The Morgan fingerprint density at radius 1 is 0.831 bits per heavy atom. The van der Waals surface area contributed by atoms with Gasteiger partial charge >= 0.3 is 0 Å². The van der Waals surface area contributed by atoms with Crippen LogP contribution in [0.5, 0.6) is 28.7 Å². The Hall–Kier alpha value is -6.38. The number of fused-ring (bicyclic) bond motifs is 12. The SMILES string of the molecule is CC(C)CC(C)(O)CNCNC1C#CCC(CO)Oc2cc(ccc2O)C2Oc3c(c4c(c5c3CCC(CO)O5)-c3ccc(O)c5c3C(C4)C(c3ccc4[nH]ccc4c3)C(CNCCCc3ccccc3)=C5)CC12OCNC1CCCCC1. The molecule has 14 nitrogen and oxygen atoms in total. The molecule has 1 fully saturated rings. The molecule has 3 aliphatic heterocycles. The lowest BCUT2D eigenvalue weighted by Gasteiger charge is -2.50. The van der Waals surface area contributed by atoms with Gasteiger partial charge in [0.2, 0.25) is 0 Å². The number of hydrogen-bond donors (Lipinski definition) is 10. The summed E-state index contributed by atoms with van der Waals surface area (Å²) >= 11 is 0. The van der Waals surface area contributed by atoms with E-state index in [1.165, 1.54) is 23.1 Å². The van der Waals surface area contributed by atoms with Crippen LogP contribution in [0.15, 0.2) is 96.7 Å². The monoisotopic (exact) mass is 1130 g/mol. The van der Waals surface area contributed by atoms with Gasteiger partial charge in [0.05, 0.1) is 25.5 Å². The van der Waals surface area contributed by atoms with Gasteiger partial charge in [-0.1, -0.05) is 93.5 Å². The molecule has 0 spiro atoms. The molecule has 8 unspecified atom stereocenters. The quantitative estimate of drug-likeness (QED) is 0.0197. The molecular weight excluding hydrogens is 1040 g/mol. The average molecular weight is 1130 g/mol. The van der Waals surface area contributed by atoms with E-state index in [-0.39, 0.29) is 68.2 Å². The normalized spacial score (nSPS) is 24.2. The van der Waals surface area contributed by atoms with Crippen molar-refractivity contribution in [3.05, 3.63) is 141 Å². The summed E-state index contributed by atoms with van der Waals surface area (Å²) in [5, 5.41) is 72.7. The predicted octanol–water partition coefficient (Wildman–Crippen LogP) is 9.74. The Balaban J connectivity index is 1.03. The number of phenols is 2. The van der Waals surface area contributed by atoms with E-state index in [1.54, 1.807) is 6.07 Å². The number of benzene rings is 5. The standard InChI is InChI=1S/C69H83N5O9/c1-42(2)34-68(3,79)39-71-40-73-61-18-10-17-49(37-75)81-60-32-46(20-25-59(60)78)67-69(61,80-41-74-48-15-8-5-9-16-48)35-56-53-33-55-62(45-19-24-57-44(30-45)27-29-72-57)47(36-70-28-11-14-43-12-6-4-7-13-43)31-54-58(77)26-23-51(63(54)55)64(53)66-52(65(56)83-67)22-21-50(38-76)82-66/h4,6-7,12-13,19-20,23-27,29-32,42,48-50,55,61-62,67,70-79H,5,8-9,11,14-17,21-22,28,33-41H2,1-3H3. The molecule has 10 N–H and O–H groups in total. The molecule has 83 heavy (non-hydrogen) atoms. The van der Waals surface area contributed by atoms with Crippen molar-refractivity contribution in [1.82, 2.24) is 26.3 Å². The number of aromatic nitrogens is 1. The molecule has 8 atom stereocenters. The molecule has 3 aliphatic carbocycles. The topological polar surface area (TPSA) is 202 Å². The van der Waals surface area contributed by atoms with E-state index < -0.39 is 35.6 Å². The van der Waals surface area contributed by atoms with Gasteiger partial charge in [-0.05, 0) is 163 Å². The molecule has 0 radical (unpaired) electrons. The summed E-state index contributed by atoms with van der Waals surface area (Å²) in [5.74, 6) is 8.90. The highest BCUT2D eigenvalue weighted by molar-refractivity contribution is 5.90. The number of rotatable bonds is 20. The van der Waals surface area contributed by atoms with Gasteiger partial charge < -0.3 is 60.1 Å². The number of aromatic amines is 1. The van der Waals surface area contributed by atoms with Crippen molar-refractivity contribution in [2.45, 2.75) is 158 Å². The van der Waals surface area contributed by atoms with Gasteiger partial charge in [-0.2, -0.15) is 0 Å². The molecule has 1 aromatic heterocycles. The van der Waals surface area contributed by atoms with Crippen LogP contribution in [0.2, 0.25) is 0 Å². The lowest BCUT2D eigenvalue weighted by molar-refractivity contribution is -0.144. The first-order valence-electron chi connectivity index (χ1n) is 30.6. The Kier molecular flexibility index (Phi) is 17.0. The number of aryl methyl sites for hydroxylation is 1. The molecule has 6 aliphatic rings. The van der Waals surface area contributed by atoms with Gasteiger partial charge in [-0.3, -0.25) is 10.6 Å². The van der Waals surface area contributed by atoms with Gasteiger partial charge in [0, 0.05) is 78.5 Å². The Morgan fingerprint density at radius 3 is 2.47 bits per heavy atom. The number of aliphatic hydroxyl groups excluding tert-OH is 2. The van der Waals surface area contributed by atoms with Crippen molar-refractivity contribution < 1.29 is 44.5 Å². The van der Waals surface area contributed by atoms with Crippen LogP contribution >= 0.6 is 0 Å². The van der Waals surface area contributed by atoms with Gasteiger partial charge in [0.25, 0.3) is 0 Å². The van der Waals surface area contributed by atoms with E-state index >= 15 is 0 Å². The zero-order valence-corrected chi connectivity index (χ0v) is 48.4. The van der Waals surface area contributed by atoms with E-state index in [9.17, 15) is 25.5 Å². The first kappa shape index (κ1) is 57.1. The Labute approximate surface area is 488 Å². The van der Waals surface area contributed by atoms with Gasteiger partial charge in [-0.15, -0.1) is 0 Å². The number of nitrogens with one attached hydrogen (secondary N) is 5. The third-order valence-corrected chi connectivity index (χ3v) is 18.4. The largest absolute Gasteiger partial charge is 0.507 e. The van der Waals surface area contributed by atoms with Gasteiger partial charge in [0.15, 0.2) is 17.6 Å². The molecule has 12 rings (SSSR count). The van der Waals surface area contributed by atoms with Gasteiger partial charge in [0.1, 0.15) is 41.1 Å². The lowest BCUT2D eigenvalue weighted by atomic mass is 9.62. The molecule has 438 valence electrons. The minimum atomic E-state index is -1.28. The fourth-order valence-electron chi connectivity index (χ4n) is 14.6. The van der Waals surface area contributed by atoms with Crippen molar-refractivity contribution in [2.75, 3.05) is 46.2 Å². The summed E-state index contributed by atoms with van der Waals surface area (Å²) in [6.45, 7) is 7.88. The predicted molar refractivity (Wildman–Crippen MR) is 324 cm³/mol. The second-order valence-corrected chi connectivity index (χ2v) is 25.0. The number of aromatic hydroxyl groups is 2. The smallest absolute Gasteiger partial charge is 0.161 e. The van der Waals surface area contributed by atoms with Crippen molar-refractivity contribution in [2.24, 2.45) is 5.92 Å². The summed E-state index contributed by atoms with van der Waals surface area (Å²) in [6, 6.07) is 28.3. The number of phenolic OH excluding ortho intramolecular Hbond substituents is 2. The van der Waals surface area contributed by atoms with Crippen LogP contribution in [0, 0.1) is 17.8 Å². The molecule has 0 amide bonds. The second-order valence-electron chi connectivity index (χ2n) is 25.0. The maximum Gasteiger partial charge on any atom is 0.161 e. The molecule has 4 heterocycles. The third kappa shape index (κ3) is 11.8. The van der Waals surface area contributed by atoms with Crippen LogP contribution in [0.1, 0.15) is 141 Å². The molecule has 2 bridgehead atoms. The fraction of sp³-hybridized carbons (Fsp3) is 0.478. The zero-order chi connectivity index (χ0) is 57.2. The first-order chi connectivity index (χ1) is 40.4. The van der Waals surface area contributed by atoms with Crippen LogP contribution in [0.25, 0.3) is 28.1 Å². The Morgan fingerprint density at radius 2 is 1.65 bits per heavy atom. The third-order valence-electron chi connectivity index (χ3n) is 18.4. The maximum atomic E-state index is 12.1. The molecule has 5 aromatic carbocycles. The van der Waals surface area contributed by atoms with E-state index in [4.69, 9.17) is 18.9 Å². The second kappa shape index (κ2) is 24.7. The van der Waals surface area contributed by atoms with Gasteiger partial charge in [-0.25, -0.2) is 0 Å². The average Bonchev–Trinajstić information content (AvgIpc) is 3.98. The van der Waals surface area contributed by atoms with E-state index in [2.05, 4.69) is 119 Å². The highest BCUT2D eigenvalue weighted by atomic mass is 16.6. The van der Waals surface area contributed by atoms with Crippen LogP contribution in [0.4, 0.5) is 0 Å². The number of hydrogen-bond acceptors (Lipinski definition) is 13. The molecular formula is C69H83N5O9. The minimum absolute atomic E-state index is 0.0686. The summed E-state index contributed by atoms with van der Waals surface area (Å²) in [6.07, 6.45) is 12.6. The van der Waals surface area contributed by atoms with Crippen molar-refractivity contribution in [3.8, 4) is 51.7 Å². The lowest BCUT2D eigenvalue weighted by Crippen LogP contribution is -2.62. The summed E-state index contributed by atoms with van der Waals surface area (Å²) in [4.78, 5) is 3.41. The molecule has 0 saturated heterocycles. The van der Waals surface area contributed by atoms with Crippen LogP contribution in [0.3, 0.4) is 0 Å².